The molecule has 0 spiro atoms. The molecule has 1 aromatic rings. The number of ether oxygens (including phenoxy) is 1. The molecule has 3 rings (SSSR count). The molecule has 0 aliphatic carbocycles. The standard InChI is InChI=1S/C16H21NO2/c1-3-4-7-19-13-9-12-5-6-17-15(18)8-11(2)14(10-13)16(12)17/h9-11H,3-8H2,1-2H3. The zero-order valence-electron chi connectivity index (χ0n) is 11.7. The normalized spacial score (nSPS) is 20.6. The highest BCUT2D eigenvalue weighted by Crippen LogP contribution is 2.43. The molecule has 0 radical (unpaired) electrons. The van der Waals surface area contributed by atoms with Crippen LogP contribution in [-0.4, -0.2) is 19.1 Å². The summed E-state index contributed by atoms with van der Waals surface area (Å²) in [6.45, 7) is 5.93. The van der Waals surface area contributed by atoms with Gasteiger partial charge in [0.2, 0.25) is 5.91 Å². The van der Waals surface area contributed by atoms with Gasteiger partial charge in [-0.15, -0.1) is 0 Å². The van der Waals surface area contributed by atoms with Gasteiger partial charge in [-0.3, -0.25) is 4.79 Å². The van der Waals surface area contributed by atoms with Gasteiger partial charge in [0.25, 0.3) is 0 Å². The summed E-state index contributed by atoms with van der Waals surface area (Å²) in [4.78, 5) is 14.0. The maximum absolute atomic E-state index is 12.0. The van der Waals surface area contributed by atoms with Crippen LogP contribution in [0.2, 0.25) is 0 Å². The lowest BCUT2D eigenvalue weighted by Crippen LogP contribution is -2.34. The van der Waals surface area contributed by atoms with Crippen LogP contribution in [-0.2, 0) is 11.2 Å². The van der Waals surface area contributed by atoms with Crippen LogP contribution in [0.1, 0.15) is 50.2 Å². The average Bonchev–Trinajstić information content (AvgIpc) is 2.81. The average molecular weight is 259 g/mol. The lowest BCUT2D eigenvalue weighted by atomic mass is 9.90. The molecular weight excluding hydrogens is 238 g/mol. The maximum atomic E-state index is 12.0. The zero-order chi connectivity index (χ0) is 13.4. The Labute approximate surface area is 114 Å². The van der Waals surface area contributed by atoms with Crippen LogP contribution in [0.4, 0.5) is 5.69 Å². The quantitative estimate of drug-likeness (QED) is 0.777. The first-order chi connectivity index (χ1) is 9.20. The van der Waals surface area contributed by atoms with E-state index >= 15 is 0 Å². The van der Waals surface area contributed by atoms with Gasteiger partial charge in [0.15, 0.2) is 0 Å². The lowest BCUT2D eigenvalue weighted by molar-refractivity contribution is -0.119. The summed E-state index contributed by atoms with van der Waals surface area (Å²) >= 11 is 0. The fraction of sp³-hybridized carbons (Fsp3) is 0.562. The van der Waals surface area contributed by atoms with Crippen molar-refractivity contribution < 1.29 is 9.53 Å². The number of hydrogen-bond donors (Lipinski definition) is 0. The Morgan fingerprint density at radius 2 is 2.26 bits per heavy atom. The number of anilines is 1. The van der Waals surface area contributed by atoms with Gasteiger partial charge in [-0.05, 0) is 42.0 Å². The SMILES string of the molecule is CCCCOc1cc2c3c(c1)C(C)CC(=O)N3CC2. The van der Waals surface area contributed by atoms with Gasteiger partial charge in [0.05, 0.1) is 12.3 Å². The summed E-state index contributed by atoms with van der Waals surface area (Å²) in [6.07, 6.45) is 3.83. The molecule has 0 saturated heterocycles. The number of carbonyl (C=O) groups is 1. The Balaban J connectivity index is 1.93. The van der Waals surface area contributed by atoms with Crippen molar-refractivity contribution in [3.8, 4) is 5.75 Å². The van der Waals surface area contributed by atoms with E-state index in [-0.39, 0.29) is 5.91 Å². The van der Waals surface area contributed by atoms with Crippen molar-refractivity contribution in [2.24, 2.45) is 0 Å². The van der Waals surface area contributed by atoms with E-state index in [4.69, 9.17) is 4.74 Å². The molecule has 1 aromatic carbocycles. The molecule has 0 N–H and O–H groups in total. The van der Waals surface area contributed by atoms with E-state index in [1.54, 1.807) is 0 Å². The molecule has 102 valence electrons. The molecule has 3 heteroatoms. The molecule has 2 aliphatic heterocycles. The van der Waals surface area contributed by atoms with Crippen LogP contribution in [0, 0.1) is 0 Å². The van der Waals surface area contributed by atoms with Gasteiger partial charge in [-0.1, -0.05) is 20.3 Å². The molecule has 1 unspecified atom stereocenters. The predicted octanol–water partition coefficient (Wildman–Crippen LogP) is 3.26. The van der Waals surface area contributed by atoms with Crippen LogP contribution in [0.5, 0.6) is 5.75 Å². The fourth-order valence-corrected chi connectivity index (χ4v) is 3.08. The second-order valence-electron chi connectivity index (χ2n) is 5.62. The number of nitrogens with zero attached hydrogens (tertiary/aromatic N) is 1. The molecule has 2 aliphatic rings. The van der Waals surface area contributed by atoms with Crippen molar-refractivity contribution >= 4 is 11.6 Å². The van der Waals surface area contributed by atoms with Gasteiger partial charge in [0.1, 0.15) is 5.75 Å². The van der Waals surface area contributed by atoms with E-state index in [9.17, 15) is 4.79 Å². The minimum absolute atomic E-state index is 0.276. The highest BCUT2D eigenvalue weighted by atomic mass is 16.5. The van der Waals surface area contributed by atoms with Crippen molar-refractivity contribution in [2.45, 2.75) is 45.4 Å². The minimum atomic E-state index is 0.276. The van der Waals surface area contributed by atoms with Gasteiger partial charge >= 0.3 is 0 Å². The number of hydrogen-bond acceptors (Lipinski definition) is 2. The van der Waals surface area contributed by atoms with E-state index in [0.29, 0.717) is 12.3 Å². The first-order valence-electron chi connectivity index (χ1n) is 7.30. The number of rotatable bonds is 4. The van der Waals surface area contributed by atoms with Crippen molar-refractivity contribution in [3.63, 3.8) is 0 Å². The van der Waals surface area contributed by atoms with Crippen molar-refractivity contribution in [3.05, 3.63) is 23.3 Å². The Bertz CT molecular complexity index is 510. The number of amides is 1. The zero-order valence-corrected chi connectivity index (χ0v) is 11.7. The molecule has 0 fully saturated rings. The van der Waals surface area contributed by atoms with E-state index in [1.807, 2.05) is 4.90 Å². The topological polar surface area (TPSA) is 29.5 Å². The Morgan fingerprint density at radius 3 is 3.05 bits per heavy atom. The Kier molecular flexibility index (Phi) is 3.21. The molecule has 0 aromatic heterocycles. The summed E-state index contributed by atoms with van der Waals surface area (Å²) in [5.41, 5.74) is 3.75. The second-order valence-corrected chi connectivity index (χ2v) is 5.62. The largest absolute Gasteiger partial charge is 0.494 e. The van der Waals surface area contributed by atoms with Crippen LogP contribution >= 0.6 is 0 Å². The highest BCUT2D eigenvalue weighted by molar-refractivity contribution is 5.99. The predicted molar refractivity (Wildman–Crippen MR) is 75.9 cm³/mol. The number of unbranched alkanes of at least 4 members (excludes halogenated alkanes) is 1. The second kappa shape index (κ2) is 4.87. The molecule has 1 amide bonds. The van der Waals surface area contributed by atoms with Gasteiger partial charge in [-0.25, -0.2) is 0 Å². The van der Waals surface area contributed by atoms with Crippen LogP contribution in [0.25, 0.3) is 0 Å². The van der Waals surface area contributed by atoms with Crippen LogP contribution in [0.3, 0.4) is 0 Å². The van der Waals surface area contributed by atoms with Gasteiger partial charge in [0, 0.05) is 13.0 Å². The van der Waals surface area contributed by atoms with Crippen molar-refractivity contribution in [1.82, 2.24) is 0 Å². The molecule has 19 heavy (non-hydrogen) atoms. The van der Waals surface area contributed by atoms with E-state index in [2.05, 4.69) is 26.0 Å². The number of benzene rings is 1. The maximum Gasteiger partial charge on any atom is 0.227 e. The van der Waals surface area contributed by atoms with E-state index in [0.717, 1.165) is 38.2 Å². The molecular formula is C16H21NO2. The lowest BCUT2D eigenvalue weighted by Gasteiger charge is -2.29. The fourth-order valence-electron chi connectivity index (χ4n) is 3.08. The third kappa shape index (κ3) is 2.11. The molecule has 1 atom stereocenters. The number of carbonyl (C=O) groups excluding carboxylic acids is 1. The third-order valence-electron chi connectivity index (χ3n) is 4.15. The van der Waals surface area contributed by atoms with E-state index in [1.165, 1.54) is 16.8 Å². The van der Waals surface area contributed by atoms with Gasteiger partial charge < -0.3 is 9.64 Å². The highest BCUT2D eigenvalue weighted by Gasteiger charge is 2.34. The minimum Gasteiger partial charge on any atom is -0.494 e. The summed E-state index contributed by atoms with van der Waals surface area (Å²) < 4.78 is 5.85. The molecule has 2 heterocycles. The summed E-state index contributed by atoms with van der Waals surface area (Å²) in [5, 5.41) is 0. The Morgan fingerprint density at radius 1 is 1.42 bits per heavy atom. The molecule has 0 bridgehead atoms. The van der Waals surface area contributed by atoms with E-state index < -0.39 is 0 Å². The monoisotopic (exact) mass is 259 g/mol. The smallest absolute Gasteiger partial charge is 0.227 e. The molecule has 3 nitrogen and oxygen atoms in total. The summed E-state index contributed by atoms with van der Waals surface area (Å²) in [6, 6.07) is 4.27. The molecule has 0 saturated carbocycles. The third-order valence-corrected chi connectivity index (χ3v) is 4.15. The van der Waals surface area contributed by atoms with Crippen molar-refractivity contribution in [2.75, 3.05) is 18.1 Å². The van der Waals surface area contributed by atoms with Crippen LogP contribution in [0.15, 0.2) is 12.1 Å². The first-order valence-corrected chi connectivity index (χ1v) is 7.30. The first kappa shape index (κ1) is 12.5. The summed E-state index contributed by atoms with van der Waals surface area (Å²) in [7, 11) is 0. The van der Waals surface area contributed by atoms with Gasteiger partial charge in [-0.2, -0.15) is 0 Å². The Hall–Kier alpha value is -1.51. The van der Waals surface area contributed by atoms with Crippen LogP contribution < -0.4 is 9.64 Å². The summed E-state index contributed by atoms with van der Waals surface area (Å²) in [5.74, 6) is 1.56. The van der Waals surface area contributed by atoms with Crippen molar-refractivity contribution in [1.29, 1.82) is 0 Å².